The van der Waals surface area contributed by atoms with Crippen LogP contribution < -0.4 is 5.32 Å². The summed E-state index contributed by atoms with van der Waals surface area (Å²) in [6.45, 7) is 15.1. The Morgan fingerprint density at radius 3 is 2.44 bits per heavy atom. The fraction of sp³-hybridized carbons (Fsp3) is 0.857. The van der Waals surface area contributed by atoms with Crippen LogP contribution in [0.15, 0.2) is 12.8 Å². The minimum atomic E-state index is 0.163. The number of nitrogens with one attached hydrogen (secondary N) is 1. The third-order valence-corrected chi connectivity index (χ3v) is 4.59. The van der Waals surface area contributed by atoms with Gasteiger partial charge in [0.05, 0.1) is 6.26 Å². The predicted octanol–water partition coefficient (Wildman–Crippen LogP) is 3.48. The Morgan fingerprint density at radius 2 is 2.00 bits per heavy atom. The average Bonchev–Trinajstić information content (AvgIpc) is 2.26. The van der Waals surface area contributed by atoms with Crippen LogP contribution in [0, 0.1) is 5.92 Å². The summed E-state index contributed by atoms with van der Waals surface area (Å²) in [6.07, 6.45) is 5.20. The summed E-state index contributed by atoms with van der Waals surface area (Å²) >= 11 is 0. The van der Waals surface area contributed by atoms with Crippen molar-refractivity contribution in [2.45, 2.75) is 71.1 Å². The lowest BCUT2D eigenvalue weighted by Crippen LogP contribution is -2.66. The van der Waals surface area contributed by atoms with E-state index in [1.807, 2.05) is 0 Å². The van der Waals surface area contributed by atoms with Gasteiger partial charge in [0, 0.05) is 23.4 Å². The lowest BCUT2D eigenvalue weighted by atomic mass is 9.70. The molecule has 1 aliphatic heterocycles. The van der Waals surface area contributed by atoms with Crippen molar-refractivity contribution in [2.75, 3.05) is 0 Å². The number of hydrogen-bond donors (Lipinski definition) is 1. The van der Waals surface area contributed by atoms with E-state index < -0.39 is 0 Å². The van der Waals surface area contributed by atoms with E-state index in [0.717, 1.165) is 19.3 Å². The number of piperidine rings is 1. The molecule has 1 N–H and O–H groups in total. The summed E-state index contributed by atoms with van der Waals surface area (Å²) in [5.41, 5.74) is 0.349. The first-order valence-corrected chi connectivity index (χ1v) is 6.46. The molecule has 4 unspecified atom stereocenters. The summed E-state index contributed by atoms with van der Waals surface area (Å²) in [6, 6.07) is 0. The number of hydrogen-bond acceptors (Lipinski definition) is 2. The van der Waals surface area contributed by atoms with Gasteiger partial charge in [0.2, 0.25) is 0 Å². The van der Waals surface area contributed by atoms with Crippen LogP contribution >= 0.6 is 0 Å². The molecule has 2 nitrogen and oxygen atoms in total. The van der Waals surface area contributed by atoms with Crippen molar-refractivity contribution < 1.29 is 4.74 Å². The molecule has 0 amide bonds. The minimum Gasteiger partial charge on any atom is -0.498 e. The Morgan fingerprint density at radius 1 is 1.38 bits per heavy atom. The molecule has 0 bridgehead atoms. The van der Waals surface area contributed by atoms with Gasteiger partial charge in [0.1, 0.15) is 6.10 Å². The topological polar surface area (TPSA) is 21.3 Å². The SMILES string of the molecule is C=COC1CC(C)(CC)NC(C)(CC)C1C. The van der Waals surface area contributed by atoms with Crippen molar-refractivity contribution in [1.29, 1.82) is 0 Å². The minimum absolute atomic E-state index is 0.163. The first kappa shape index (κ1) is 13.6. The zero-order valence-electron chi connectivity index (χ0n) is 11.5. The predicted molar refractivity (Wildman–Crippen MR) is 69.4 cm³/mol. The van der Waals surface area contributed by atoms with Gasteiger partial charge >= 0.3 is 0 Å². The molecule has 16 heavy (non-hydrogen) atoms. The maximum absolute atomic E-state index is 5.71. The normalized spacial score (nSPS) is 44.1. The molecule has 1 saturated heterocycles. The smallest absolute Gasteiger partial charge is 0.104 e. The zero-order chi connectivity index (χ0) is 12.4. The first-order valence-electron chi connectivity index (χ1n) is 6.46. The molecule has 0 spiro atoms. The van der Waals surface area contributed by atoms with E-state index in [-0.39, 0.29) is 17.2 Å². The van der Waals surface area contributed by atoms with Gasteiger partial charge < -0.3 is 10.1 Å². The molecule has 0 aromatic carbocycles. The van der Waals surface area contributed by atoms with Gasteiger partial charge in [0.15, 0.2) is 0 Å². The van der Waals surface area contributed by atoms with Crippen molar-refractivity contribution >= 4 is 0 Å². The molecule has 4 atom stereocenters. The van der Waals surface area contributed by atoms with Gasteiger partial charge in [-0.05, 0) is 26.7 Å². The maximum atomic E-state index is 5.71. The summed E-state index contributed by atoms with van der Waals surface area (Å²) in [4.78, 5) is 0. The second kappa shape index (κ2) is 4.79. The summed E-state index contributed by atoms with van der Waals surface area (Å²) in [5.74, 6) is 0.509. The van der Waals surface area contributed by atoms with Crippen molar-refractivity contribution in [3.05, 3.63) is 12.8 Å². The lowest BCUT2D eigenvalue weighted by molar-refractivity contribution is -0.0354. The van der Waals surface area contributed by atoms with Gasteiger partial charge in [-0.1, -0.05) is 27.4 Å². The van der Waals surface area contributed by atoms with E-state index in [9.17, 15) is 0 Å². The molecular weight excluding hydrogens is 198 g/mol. The van der Waals surface area contributed by atoms with E-state index in [1.54, 1.807) is 6.26 Å². The largest absolute Gasteiger partial charge is 0.498 e. The van der Waals surface area contributed by atoms with Crippen LogP contribution in [-0.4, -0.2) is 17.2 Å². The van der Waals surface area contributed by atoms with Crippen molar-refractivity contribution in [2.24, 2.45) is 5.92 Å². The summed E-state index contributed by atoms with van der Waals surface area (Å²) in [5, 5.41) is 3.83. The lowest BCUT2D eigenvalue weighted by Gasteiger charge is -2.52. The Hall–Kier alpha value is -0.500. The quantitative estimate of drug-likeness (QED) is 0.740. The van der Waals surface area contributed by atoms with Crippen LogP contribution in [0.2, 0.25) is 0 Å². The Labute approximate surface area is 100 Å². The molecule has 1 rings (SSSR count). The van der Waals surface area contributed by atoms with Crippen LogP contribution in [-0.2, 0) is 4.74 Å². The first-order chi connectivity index (χ1) is 7.40. The van der Waals surface area contributed by atoms with Crippen molar-refractivity contribution in [3.8, 4) is 0 Å². The van der Waals surface area contributed by atoms with Crippen LogP contribution in [0.1, 0.15) is 53.9 Å². The molecule has 2 heteroatoms. The molecule has 1 heterocycles. The second-order valence-electron chi connectivity index (χ2n) is 5.64. The van der Waals surface area contributed by atoms with Gasteiger partial charge in [-0.3, -0.25) is 0 Å². The van der Waals surface area contributed by atoms with Crippen LogP contribution in [0.25, 0.3) is 0 Å². The van der Waals surface area contributed by atoms with Gasteiger partial charge in [0.25, 0.3) is 0 Å². The molecule has 0 aromatic rings. The fourth-order valence-electron chi connectivity index (χ4n) is 2.82. The summed E-state index contributed by atoms with van der Waals surface area (Å²) in [7, 11) is 0. The molecule has 94 valence electrons. The molecule has 0 aromatic heterocycles. The third kappa shape index (κ3) is 2.42. The second-order valence-corrected chi connectivity index (χ2v) is 5.64. The van der Waals surface area contributed by atoms with Crippen molar-refractivity contribution in [1.82, 2.24) is 5.32 Å². The molecule has 0 saturated carbocycles. The van der Waals surface area contributed by atoms with E-state index in [0.29, 0.717) is 5.92 Å². The number of rotatable bonds is 4. The highest BCUT2D eigenvalue weighted by molar-refractivity contribution is 5.04. The van der Waals surface area contributed by atoms with Crippen LogP contribution in [0.4, 0.5) is 0 Å². The monoisotopic (exact) mass is 225 g/mol. The van der Waals surface area contributed by atoms with Gasteiger partial charge in [-0.15, -0.1) is 0 Å². The zero-order valence-corrected chi connectivity index (χ0v) is 11.5. The van der Waals surface area contributed by atoms with E-state index >= 15 is 0 Å². The van der Waals surface area contributed by atoms with Gasteiger partial charge in [-0.25, -0.2) is 0 Å². The van der Waals surface area contributed by atoms with E-state index in [1.165, 1.54) is 0 Å². The molecule has 0 radical (unpaired) electrons. The fourth-order valence-corrected chi connectivity index (χ4v) is 2.82. The Balaban J connectivity index is 2.92. The Kier molecular flexibility index (Phi) is 4.06. The average molecular weight is 225 g/mol. The maximum Gasteiger partial charge on any atom is 0.104 e. The van der Waals surface area contributed by atoms with Gasteiger partial charge in [-0.2, -0.15) is 0 Å². The van der Waals surface area contributed by atoms with E-state index in [2.05, 4.69) is 46.5 Å². The standard InChI is InChI=1S/C14H27NO/c1-7-13(5)10-12(16-9-3)11(4)14(6,8-2)15-13/h9,11-12,15H,3,7-8,10H2,1-2,4-6H3. The molecule has 1 fully saturated rings. The molecular formula is C14H27NO. The van der Waals surface area contributed by atoms with Crippen molar-refractivity contribution in [3.63, 3.8) is 0 Å². The van der Waals surface area contributed by atoms with Crippen LogP contribution in [0.5, 0.6) is 0 Å². The van der Waals surface area contributed by atoms with Crippen LogP contribution in [0.3, 0.4) is 0 Å². The highest BCUT2D eigenvalue weighted by atomic mass is 16.5. The highest BCUT2D eigenvalue weighted by Crippen LogP contribution is 2.38. The Bertz CT molecular complexity index is 253. The third-order valence-electron chi connectivity index (χ3n) is 4.59. The van der Waals surface area contributed by atoms with E-state index in [4.69, 9.17) is 4.74 Å². The molecule has 0 aliphatic carbocycles. The number of ether oxygens (including phenoxy) is 1. The highest BCUT2D eigenvalue weighted by Gasteiger charge is 2.46. The summed E-state index contributed by atoms with van der Waals surface area (Å²) < 4.78 is 5.71. The molecule has 1 aliphatic rings.